The summed E-state index contributed by atoms with van der Waals surface area (Å²) in [5.74, 6) is -1.38. The van der Waals surface area contributed by atoms with E-state index in [-0.39, 0.29) is 18.7 Å². The van der Waals surface area contributed by atoms with Crippen LogP contribution in [0.1, 0.15) is 25.7 Å². The Morgan fingerprint density at radius 2 is 2.05 bits per heavy atom. The summed E-state index contributed by atoms with van der Waals surface area (Å²) in [6.07, 6.45) is 1.10. The maximum absolute atomic E-state index is 11.8. The van der Waals surface area contributed by atoms with E-state index < -0.39 is 24.1 Å². The summed E-state index contributed by atoms with van der Waals surface area (Å²) in [6.45, 7) is 0.545. The van der Waals surface area contributed by atoms with Crippen LogP contribution in [0.15, 0.2) is 0 Å². The molecular weight excluding hydrogens is 254 g/mol. The molecule has 1 saturated heterocycles. The number of amides is 1. The third-order valence-electron chi connectivity index (χ3n) is 2.89. The van der Waals surface area contributed by atoms with Crippen molar-refractivity contribution in [3.05, 3.63) is 0 Å². The monoisotopic (exact) mass is 273 g/mol. The van der Waals surface area contributed by atoms with E-state index in [0.717, 1.165) is 6.42 Å². The van der Waals surface area contributed by atoms with E-state index in [4.69, 9.17) is 4.74 Å². The first-order valence-corrected chi connectivity index (χ1v) is 6.15. The van der Waals surface area contributed by atoms with Gasteiger partial charge in [-0.3, -0.25) is 9.59 Å². The summed E-state index contributed by atoms with van der Waals surface area (Å²) >= 11 is 0. The molecule has 0 aromatic heterocycles. The first kappa shape index (κ1) is 15.4. The molecule has 1 amide bonds. The van der Waals surface area contributed by atoms with Crippen LogP contribution in [0.3, 0.4) is 0 Å². The number of ether oxygens (including phenoxy) is 3. The van der Waals surface area contributed by atoms with Crippen LogP contribution in [0.2, 0.25) is 0 Å². The van der Waals surface area contributed by atoms with Gasteiger partial charge in [0.2, 0.25) is 5.91 Å². The minimum absolute atomic E-state index is 0.0298. The average Bonchev–Trinajstić information content (AvgIpc) is 2.95. The number of carbonyl (C=O) groups is 3. The van der Waals surface area contributed by atoms with E-state index in [9.17, 15) is 14.4 Å². The number of esters is 2. The molecule has 1 aliphatic rings. The minimum atomic E-state index is -0.860. The molecule has 1 N–H and O–H groups in total. The number of hydrogen-bond donors (Lipinski definition) is 1. The quantitative estimate of drug-likeness (QED) is 0.673. The highest BCUT2D eigenvalue weighted by atomic mass is 16.5. The molecule has 7 heteroatoms. The van der Waals surface area contributed by atoms with Gasteiger partial charge in [-0.25, -0.2) is 4.79 Å². The van der Waals surface area contributed by atoms with Gasteiger partial charge in [0.05, 0.1) is 14.2 Å². The summed E-state index contributed by atoms with van der Waals surface area (Å²) in [5, 5.41) is 2.54. The first-order chi connectivity index (χ1) is 9.08. The van der Waals surface area contributed by atoms with Crippen LogP contribution in [0.4, 0.5) is 0 Å². The lowest BCUT2D eigenvalue weighted by Crippen LogP contribution is -2.46. The molecule has 0 spiro atoms. The van der Waals surface area contributed by atoms with Gasteiger partial charge in [0, 0.05) is 13.0 Å². The average molecular weight is 273 g/mol. The van der Waals surface area contributed by atoms with Crippen molar-refractivity contribution in [3.8, 4) is 0 Å². The topological polar surface area (TPSA) is 90.9 Å². The zero-order chi connectivity index (χ0) is 14.3. The molecule has 0 aromatic rings. The van der Waals surface area contributed by atoms with E-state index in [0.29, 0.717) is 13.0 Å². The lowest BCUT2D eigenvalue weighted by molar-refractivity contribution is -0.147. The van der Waals surface area contributed by atoms with Crippen LogP contribution in [-0.2, 0) is 28.6 Å². The summed E-state index contributed by atoms with van der Waals surface area (Å²) in [4.78, 5) is 34.4. The second-order valence-electron chi connectivity index (χ2n) is 4.20. The van der Waals surface area contributed by atoms with Crippen LogP contribution >= 0.6 is 0 Å². The highest BCUT2D eigenvalue weighted by Gasteiger charge is 2.29. The molecule has 0 aliphatic carbocycles. The number of carbonyl (C=O) groups excluding carboxylic acids is 3. The van der Waals surface area contributed by atoms with Crippen LogP contribution < -0.4 is 5.32 Å². The van der Waals surface area contributed by atoms with Gasteiger partial charge in [-0.2, -0.15) is 0 Å². The van der Waals surface area contributed by atoms with Gasteiger partial charge < -0.3 is 19.5 Å². The SMILES string of the molecule is COC(=O)CC[C@@H](NC(=O)[C@H]1CCCO1)C(=O)OC. The summed E-state index contributed by atoms with van der Waals surface area (Å²) in [7, 11) is 2.49. The van der Waals surface area contributed by atoms with Crippen LogP contribution in [0.25, 0.3) is 0 Å². The Morgan fingerprint density at radius 1 is 1.32 bits per heavy atom. The van der Waals surface area contributed by atoms with E-state index >= 15 is 0 Å². The van der Waals surface area contributed by atoms with E-state index in [2.05, 4.69) is 14.8 Å². The Bertz CT molecular complexity index is 337. The third-order valence-corrected chi connectivity index (χ3v) is 2.89. The lowest BCUT2D eigenvalue weighted by atomic mass is 10.1. The van der Waals surface area contributed by atoms with E-state index in [1.165, 1.54) is 14.2 Å². The van der Waals surface area contributed by atoms with Crippen molar-refractivity contribution < 1.29 is 28.6 Å². The Morgan fingerprint density at radius 3 is 2.58 bits per heavy atom. The number of hydrogen-bond acceptors (Lipinski definition) is 6. The Kier molecular flexibility index (Phi) is 6.27. The van der Waals surface area contributed by atoms with E-state index in [1.54, 1.807) is 0 Å². The van der Waals surface area contributed by atoms with Crippen molar-refractivity contribution in [3.63, 3.8) is 0 Å². The normalized spacial score (nSPS) is 19.6. The summed E-state index contributed by atoms with van der Waals surface area (Å²) < 4.78 is 14.3. The van der Waals surface area contributed by atoms with E-state index in [1.807, 2.05) is 0 Å². The molecule has 1 fully saturated rings. The van der Waals surface area contributed by atoms with Crippen LogP contribution in [-0.4, -0.2) is 50.8 Å². The smallest absolute Gasteiger partial charge is 0.328 e. The molecule has 0 bridgehead atoms. The largest absolute Gasteiger partial charge is 0.469 e. The standard InChI is InChI=1S/C12H19NO6/c1-17-10(14)6-5-8(12(16)18-2)13-11(15)9-4-3-7-19-9/h8-9H,3-7H2,1-2H3,(H,13,15)/t8-,9-/m1/s1. The van der Waals surface area contributed by atoms with Gasteiger partial charge in [0.15, 0.2) is 0 Å². The van der Waals surface area contributed by atoms with Crippen molar-refractivity contribution in [1.82, 2.24) is 5.32 Å². The molecule has 2 atom stereocenters. The maximum atomic E-state index is 11.8. The summed E-state index contributed by atoms with van der Waals surface area (Å²) in [6, 6.07) is -0.860. The van der Waals surface area contributed by atoms with Gasteiger partial charge in [0.25, 0.3) is 0 Å². The zero-order valence-electron chi connectivity index (χ0n) is 11.1. The molecule has 1 heterocycles. The Labute approximate surface area is 111 Å². The fourth-order valence-corrected chi connectivity index (χ4v) is 1.80. The molecule has 0 saturated carbocycles. The second kappa shape index (κ2) is 7.73. The molecule has 7 nitrogen and oxygen atoms in total. The minimum Gasteiger partial charge on any atom is -0.469 e. The van der Waals surface area contributed by atoms with Gasteiger partial charge in [-0.05, 0) is 19.3 Å². The molecule has 1 aliphatic heterocycles. The highest BCUT2D eigenvalue weighted by molar-refractivity contribution is 5.87. The molecular formula is C12H19NO6. The summed E-state index contributed by atoms with van der Waals surface area (Å²) in [5.41, 5.74) is 0. The molecule has 19 heavy (non-hydrogen) atoms. The molecule has 0 unspecified atom stereocenters. The van der Waals surface area contributed by atoms with Crippen molar-refractivity contribution in [1.29, 1.82) is 0 Å². The Balaban J connectivity index is 2.50. The predicted molar refractivity (Wildman–Crippen MR) is 64.2 cm³/mol. The van der Waals surface area contributed by atoms with Gasteiger partial charge in [-0.15, -0.1) is 0 Å². The Hall–Kier alpha value is -1.63. The van der Waals surface area contributed by atoms with Gasteiger partial charge in [0.1, 0.15) is 12.1 Å². The third kappa shape index (κ3) is 4.86. The fourth-order valence-electron chi connectivity index (χ4n) is 1.80. The van der Waals surface area contributed by atoms with Gasteiger partial charge >= 0.3 is 11.9 Å². The van der Waals surface area contributed by atoms with Crippen molar-refractivity contribution in [2.24, 2.45) is 0 Å². The van der Waals surface area contributed by atoms with Crippen LogP contribution in [0.5, 0.6) is 0 Å². The molecule has 0 aromatic carbocycles. The van der Waals surface area contributed by atoms with Crippen molar-refractivity contribution in [2.45, 2.75) is 37.8 Å². The van der Waals surface area contributed by atoms with Crippen molar-refractivity contribution >= 4 is 17.8 Å². The number of rotatable bonds is 6. The first-order valence-electron chi connectivity index (χ1n) is 6.15. The molecule has 108 valence electrons. The number of nitrogens with one attached hydrogen (secondary N) is 1. The highest BCUT2D eigenvalue weighted by Crippen LogP contribution is 2.12. The molecule has 0 radical (unpaired) electrons. The molecule has 1 rings (SSSR count). The second-order valence-corrected chi connectivity index (χ2v) is 4.20. The number of methoxy groups -OCH3 is 2. The zero-order valence-corrected chi connectivity index (χ0v) is 11.1. The fraction of sp³-hybridized carbons (Fsp3) is 0.750. The maximum Gasteiger partial charge on any atom is 0.328 e. The lowest BCUT2D eigenvalue weighted by Gasteiger charge is -2.18. The van der Waals surface area contributed by atoms with Crippen molar-refractivity contribution in [2.75, 3.05) is 20.8 Å². The predicted octanol–water partition coefficient (Wildman–Crippen LogP) is -0.224. The van der Waals surface area contributed by atoms with Crippen LogP contribution in [0, 0.1) is 0 Å². The van der Waals surface area contributed by atoms with Gasteiger partial charge in [-0.1, -0.05) is 0 Å².